The summed E-state index contributed by atoms with van der Waals surface area (Å²) in [5, 5.41) is 2.43. The van der Waals surface area contributed by atoms with E-state index < -0.39 is 53.4 Å². The molecule has 0 aliphatic rings. The van der Waals surface area contributed by atoms with Gasteiger partial charge in [0.2, 0.25) is 11.6 Å². The lowest BCUT2D eigenvalue weighted by Gasteiger charge is -2.08. The van der Waals surface area contributed by atoms with Gasteiger partial charge in [0.15, 0.2) is 23.1 Å². The molecule has 186 valence electrons. The zero-order valence-electron chi connectivity index (χ0n) is 18.3. The molecule has 0 bridgehead atoms. The number of anilines is 1. The Hall–Kier alpha value is -3.87. The number of ether oxygens (including phenoxy) is 2. The molecule has 0 atom stereocenters. The van der Waals surface area contributed by atoms with E-state index in [2.05, 4.69) is 5.32 Å². The fourth-order valence-electron chi connectivity index (χ4n) is 2.91. The second-order valence-corrected chi connectivity index (χ2v) is 8.09. The van der Waals surface area contributed by atoms with Gasteiger partial charge in [0.1, 0.15) is 17.4 Å². The molecule has 2 amide bonds. The molecule has 13 heteroatoms. The Bertz CT molecular complexity index is 1280. The van der Waals surface area contributed by atoms with Crippen LogP contribution in [0.5, 0.6) is 5.75 Å². The number of carbonyl (C=O) groups is 3. The number of esters is 1. The highest BCUT2D eigenvalue weighted by atomic mass is 32.1. The summed E-state index contributed by atoms with van der Waals surface area (Å²) in [5.41, 5.74) is 5.53. The predicted octanol–water partition coefficient (Wildman–Crippen LogP) is 4.70. The largest absolute Gasteiger partial charge is 0.479 e. The molecule has 2 aromatic heterocycles. The average molecular weight is 514 g/mol. The third kappa shape index (κ3) is 5.45. The minimum Gasteiger partial charge on any atom is -0.479 e. The Labute approximate surface area is 199 Å². The number of thiophene rings is 1. The molecule has 0 radical (unpaired) electrons. The van der Waals surface area contributed by atoms with Gasteiger partial charge in [0.05, 0.1) is 17.0 Å². The van der Waals surface area contributed by atoms with Crippen molar-refractivity contribution in [3.05, 3.63) is 69.0 Å². The van der Waals surface area contributed by atoms with Crippen molar-refractivity contribution in [3.63, 3.8) is 0 Å². The lowest BCUT2D eigenvalue weighted by molar-refractivity contribution is 0.0506. The first-order valence-corrected chi connectivity index (χ1v) is 10.8. The zero-order chi connectivity index (χ0) is 25.9. The van der Waals surface area contributed by atoms with Gasteiger partial charge in [-0.2, -0.15) is 8.78 Å². The van der Waals surface area contributed by atoms with Gasteiger partial charge in [-0.1, -0.05) is 6.92 Å². The molecular weight excluding hydrogens is 496 g/mol. The van der Waals surface area contributed by atoms with Gasteiger partial charge >= 0.3 is 5.97 Å². The van der Waals surface area contributed by atoms with Crippen molar-refractivity contribution in [2.24, 2.45) is 5.73 Å². The van der Waals surface area contributed by atoms with Gasteiger partial charge in [-0.15, -0.1) is 11.3 Å². The second-order valence-electron chi connectivity index (χ2n) is 7.07. The second kappa shape index (κ2) is 10.6. The van der Waals surface area contributed by atoms with E-state index >= 15 is 0 Å². The molecule has 0 spiro atoms. The van der Waals surface area contributed by atoms with Gasteiger partial charge in [0.25, 0.3) is 11.8 Å². The molecule has 0 aliphatic heterocycles. The Morgan fingerprint density at radius 1 is 1.11 bits per heavy atom. The summed E-state index contributed by atoms with van der Waals surface area (Å²) >= 11 is 0.771. The minimum atomic E-state index is -1.73. The van der Waals surface area contributed by atoms with Crippen molar-refractivity contribution in [1.29, 1.82) is 0 Å². The maximum Gasteiger partial charge on any atom is 0.341 e. The first-order chi connectivity index (χ1) is 16.5. The molecule has 0 saturated heterocycles. The summed E-state index contributed by atoms with van der Waals surface area (Å²) in [6.45, 7) is 2.72. The van der Waals surface area contributed by atoms with E-state index in [9.17, 15) is 31.9 Å². The van der Waals surface area contributed by atoms with Crippen LogP contribution in [0.25, 0.3) is 0 Å². The van der Waals surface area contributed by atoms with Gasteiger partial charge < -0.3 is 24.9 Å². The van der Waals surface area contributed by atoms with Crippen molar-refractivity contribution in [1.82, 2.24) is 0 Å². The Morgan fingerprint density at radius 2 is 1.77 bits per heavy atom. The monoisotopic (exact) mass is 514 g/mol. The van der Waals surface area contributed by atoms with Crippen LogP contribution < -0.4 is 15.8 Å². The highest BCUT2D eigenvalue weighted by molar-refractivity contribution is 7.18. The van der Waals surface area contributed by atoms with Crippen LogP contribution in [0.15, 0.2) is 22.6 Å². The summed E-state index contributed by atoms with van der Waals surface area (Å²) < 4.78 is 69.2. The summed E-state index contributed by atoms with van der Waals surface area (Å²) in [5.74, 6) is -10.8. The number of hydrogen-bond acceptors (Lipinski definition) is 7. The van der Waals surface area contributed by atoms with Gasteiger partial charge in [-0.25, -0.2) is 13.6 Å². The first-order valence-electron chi connectivity index (χ1n) is 10.0. The molecule has 3 rings (SSSR count). The van der Waals surface area contributed by atoms with Crippen molar-refractivity contribution >= 4 is 34.1 Å². The number of benzene rings is 1. The fraction of sp³-hybridized carbons (Fsp3) is 0.227. The molecule has 3 N–H and O–H groups in total. The lowest BCUT2D eigenvalue weighted by Crippen LogP contribution is -2.15. The van der Waals surface area contributed by atoms with Crippen LogP contribution in [0.3, 0.4) is 0 Å². The van der Waals surface area contributed by atoms with Crippen LogP contribution in [0.1, 0.15) is 55.3 Å². The molecule has 0 fully saturated rings. The Balaban J connectivity index is 1.78. The van der Waals surface area contributed by atoms with Crippen LogP contribution in [-0.4, -0.2) is 24.4 Å². The molecule has 0 unspecified atom stereocenters. The van der Waals surface area contributed by atoms with E-state index in [0.29, 0.717) is 6.42 Å². The molecule has 0 aliphatic carbocycles. The number of hydrogen-bond donors (Lipinski definition) is 2. The van der Waals surface area contributed by atoms with Crippen molar-refractivity contribution in [2.45, 2.75) is 26.9 Å². The van der Waals surface area contributed by atoms with Crippen LogP contribution in [0, 0.1) is 30.2 Å². The van der Waals surface area contributed by atoms with Crippen LogP contribution in [-0.2, 0) is 11.3 Å². The number of furan rings is 1. The summed E-state index contributed by atoms with van der Waals surface area (Å²) in [6.07, 6.45) is 0.548. The number of nitrogens with two attached hydrogens (primary N) is 1. The maximum atomic E-state index is 13.7. The van der Waals surface area contributed by atoms with Gasteiger partial charge in [0, 0.05) is 6.07 Å². The van der Waals surface area contributed by atoms with Crippen molar-refractivity contribution in [3.8, 4) is 5.75 Å². The Morgan fingerprint density at radius 3 is 2.37 bits per heavy atom. The Kier molecular flexibility index (Phi) is 7.79. The van der Waals surface area contributed by atoms with Gasteiger partial charge in [-0.3, -0.25) is 9.59 Å². The molecule has 3 aromatic rings. The van der Waals surface area contributed by atoms with Crippen LogP contribution in [0.2, 0.25) is 0 Å². The van der Waals surface area contributed by atoms with Crippen molar-refractivity contribution in [2.75, 3.05) is 11.9 Å². The number of carbonyl (C=O) groups excluding carboxylic acids is 3. The van der Waals surface area contributed by atoms with Crippen LogP contribution in [0.4, 0.5) is 22.6 Å². The quantitative estimate of drug-likeness (QED) is 0.243. The predicted molar refractivity (Wildman–Crippen MR) is 115 cm³/mol. The number of amides is 2. The molecule has 1 aromatic carbocycles. The van der Waals surface area contributed by atoms with Crippen molar-refractivity contribution < 1.29 is 45.8 Å². The number of nitrogens with one attached hydrogen (secondary N) is 1. The standard InChI is InChI=1S/C22H18F4N2O6S/c1-3-6-32-22(31)14-9(2)18(19(27)29)35-21(14)28-20(30)13-5-4-10(34-13)8-33-17-15(25)11(23)7-12(24)16(17)26/h4-5,7H,3,6,8H2,1-2H3,(H2,27,29)(H,28,30). The topological polar surface area (TPSA) is 121 Å². The molecule has 8 nitrogen and oxygen atoms in total. The summed E-state index contributed by atoms with van der Waals surface area (Å²) in [6, 6.07) is 2.46. The van der Waals surface area contributed by atoms with E-state index in [0.717, 1.165) is 11.3 Å². The van der Waals surface area contributed by atoms with E-state index in [4.69, 9.17) is 19.6 Å². The summed E-state index contributed by atoms with van der Waals surface area (Å²) in [7, 11) is 0. The zero-order valence-corrected chi connectivity index (χ0v) is 19.1. The molecule has 2 heterocycles. The maximum absolute atomic E-state index is 13.7. The first kappa shape index (κ1) is 25.7. The van der Waals surface area contributed by atoms with E-state index in [1.165, 1.54) is 19.1 Å². The van der Waals surface area contributed by atoms with E-state index in [1.807, 2.05) is 0 Å². The lowest BCUT2D eigenvalue weighted by atomic mass is 10.1. The molecule has 35 heavy (non-hydrogen) atoms. The molecular formula is C22H18F4N2O6S. The number of rotatable bonds is 9. The SMILES string of the molecule is CCCOC(=O)c1c(NC(=O)c2ccc(COc3c(F)c(F)cc(F)c3F)o2)sc(C(N)=O)c1C. The highest BCUT2D eigenvalue weighted by Crippen LogP contribution is 2.34. The average Bonchev–Trinajstić information content (AvgIpc) is 3.40. The smallest absolute Gasteiger partial charge is 0.341 e. The molecule has 0 saturated carbocycles. The third-order valence-corrected chi connectivity index (χ3v) is 5.78. The summed E-state index contributed by atoms with van der Waals surface area (Å²) in [4.78, 5) is 36.8. The van der Waals surface area contributed by atoms with Gasteiger partial charge in [-0.05, 0) is 31.0 Å². The third-order valence-electron chi connectivity index (χ3n) is 4.55. The fourth-order valence-corrected chi connectivity index (χ4v) is 3.95. The van der Waals surface area contributed by atoms with Crippen LogP contribution >= 0.6 is 11.3 Å². The number of halogens is 4. The normalized spacial score (nSPS) is 10.8. The van der Waals surface area contributed by atoms with E-state index in [-0.39, 0.29) is 45.2 Å². The highest BCUT2D eigenvalue weighted by Gasteiger charge is 2.27. The number of primary amides is 1. The van der Waals surface area contributed by atoms with E-state index in [1.54, 1.807) is 6.92 Å². The minimum absolute atomic E-state index is 0.00372.